The van der Waals surface area contributed by atoms with E-state index in [2.05, 4.69) is 15.0 Å². The van der Waals surface area contributed by atoms with Gasteiger partial charge in [0.05, 0.1) is 11.3 Å². The summed E-state index contributed by atoms with van der Waals surface area (Å²) in [6.07, 6.45) is 1.08. The zero-order chi connectivity index (χ0) is 18.0. The maximum Gasteiger partial charge on any atom is 0.273 e. The topological polar surface area (TPSA) is 101 Å². The number of halogens is 1. The van der Waals surface area contributed by atoms with Crippen molar-refractivity contribution in [3.05, 3.63) is 52.6 Å². The summed E-state index contributed by atoms with van der Waals surface area (Å²) in [5.74, 6) is -0.515. The number of carbonyl (C=O) groups is 1. The van der Waals surface area contributed by atoms with Crippen molar-refractivity contribution in [2.45, 2.75) is 5.09 Å². The van der Waals surface area contributed by atoms with Gasteiger partial charge in [-0.2, -0.15) is 0 Å². The quantitative estimate of drug-likeness (QED) is 0.688. The second-order valence-electron chi connectivity index (χ2n) is 4.86. The average molecular weight is 398 g/mol. The molecule has 25 heavy (non-hydrogen) atoms. The summed E-state index contributed by atoms with van der Waals surface area (Å²) >= 11 is 7.11. The van der Waals surface area contributed by atoms with Crippen molar-refractivity contribution in [2.24, 2.45) is 0 Å². The normalized spacial score (nSPS) is 11.4. The van der Waals surface area contributed by atoms with Crippen LogP contribution in [0.2, 0.25) is 5.02 Å². The number of amides is 1. The number of benzene rings is 1. The number of carbonyl (C=O) groups excluding carboxylic acids is 1. The smallest absolute Gasteiger partial charge is 0.273 e. The molecule has 0 radical (unpaired) electrons. The second kappa shape index (κ2) is 6.96. The fourth-order valence-corrected chi connectivity index (χ4v) is 3.43. The summed E-state index contributed by atoms with van der Waals surface area (Å²) in [5.41, 5.74) is 1.64. The number of furan rings is 1. The molecule has 1 amide bonds. The van der Waals surface area contributed by atoms with Crippen molar-refractivity contribution in [3.63, 3.8) is 0 Å². The number of sulfonamides is 1. The Morgan fingerprint density at radius 3 is 2.68 bits per heavy atom. The monoisotopic (exact) mass is 397 g/mol. The van der Waals surface area contributed by atoms with Gasteiger partial charge in [0.2, 0.25) is 5.09 Å². The van der Waals surface area contributed by atoms with Gasteiger partial charge in [-0.05, 0) is 19.2 Å². The van der Waals surface area contributed by atoms with Gasteiger partial charge in [-0.3, -0.25) is 10.1 Å². The van der Waals surface area contributed by atoms with E-state index in [1.807, 2.05) is 12.1 Å². The standard InChI is InChI=1S/C15H12ClN3O4S2/c1-17-25(21,22)13-6-10(7-23-13)14(20)19-15-18-12(8-24-15)9-2-4-11(16)5-3-9/h2-8,17H,1H3,(H,18,19,20). The van der Waals surface area contributed by atoms with E-state index >= 15 is 0 Å². The first-order chi connectivity index (χ1) is 11.9. The Morgan fingerprint density at radius 2 is 2.00 bits per heavy atom. The van der Waals surface area contributed by atoms with Crippen LogP contribution in [0, 0.1) is 0 Å². The summed E-state index contributed by atoms with van der Waals surface area (Å²) in [5, 5.41) is 5.08. The lowest BCUT2D eigenvalue weighted by Gasteiger charge is -1.98. The number of anilines is 1. The van der Waals surface area contributed by atoms with Crippen molar-refractivity contribution in [1.29, 1.82) is 0 Å². The summed E-state index contributed by atoms with van der Waals surface area (Å²) in [4.78, 5) is 16.5. The number of aromatic nitrogens is 1. The molecule has 0 unspecified atom stereocenters. The first kappa shape index (κ1) is 17.6. The molecule has 2 heterocycles. The fourth-order valence-electron chi connectivity index (χ4n) is 1.93. The van der Waals surface area contributed by atoms with Crippen LogP contribution < -0.4 is 10.0 Å². The minimum atomic E-state index is -3.74. The summed E-state index contributed by atoms with van der Waals surface area (Å²) in [6, 6.07) is 8.31. The molecule has 130 valence electrons. The van der Waals surface area contributed by atoms with E-state index in [-0.39, 0.29) is 10.7 Å². The number of hydrogen-bond donors (Lipinski definition) is 2. The first-order valence-corrected chi connectivity index (χ1v) is 9.68. The highest BCUT2D eigenvalue weighted by molar-refractivity contribution is 7.89. The largest absolute Gasteiger partial charge is 0.451 e. The predicted molar refractivity (Wildman–Crippen MR) is 95.5 cm³/mol. The number of nitrogens with zero attached hydrogens (tertiary/aromatic N) is 1. The third-order valence-corrected chi connectivity index (χ3v) is 5.53. The molecule has 0 spiro atoms. The van der Waals surface area contributed by atoms with Gasteiger partial charge in [0.15, 0.2) is 5.13 Å². The lowest BCUT2D eigenvalue weighted by Crippen LogP contribution is -2.18. The number of thiazole rings is 1. The maximum absolute atomic E-state index is 12.2. The molecule has 2 aromatic heterocycles. The van der Waals surface area contributed by atoms with Gasteiger partial charge in [0.25, 0.3) is 15.9 Å². The Bertz CT molecular complexity index is 1010. The lowest BCUT2D eigenvalue weighted by atomic mass is 10.2. The predicted octanol–water partition coefficient (Wildman–Crippen LogP) is 3.22. The average Bonchev–Trinajstić information content (AvgIpc) is 3.25. The van der Waals surface area contributed by atoms with Crippen LogP contribution >= 0.6 is 22.9 Å². The fraction of sp³-hybridized carbons (Fsp3) is 0.0667. The number of rotatable bonds is 5. The van der Waals surface area contributed by atoms with Crippen LogP contribution in [0.25, 0.3) is 11.3 Å². The Morgan fingerprint density at radius 1 is 1.28 bits per heavy atom. The third kappa shape index (κ3) is 3.90. The molecule has 0 atom stereocenters. The molecule has 3 aromatic rings. The van der Waals surface area contributed by atoms with Crippen molar-refractivity contribution in [2.75, 3.05) is 12.4 Å². The molecule has 0 aliphatic rings. The molecule has 0 saturated carbocycles. The van der Waals surface area contributed by atoms with Gasteiger partial charge in [-0.15, -0.1) is 11.3 Å². The Labute approximate surface area is 152 Å². The molecule has 2 N–H and O–H groups in total. The molecule has 0 fully saturated rings. The van der Waals surface area contributed by atoms with E-state index in [0.29, 0.717) is 15.8 Å². The van der Waals surface area contributed by atoms with Crippen molar-refractivity contribution in [3.8, 4) is 11.3 Å². The van der Waals surface area contributed by atoms with E-state index in [9.17, 15) is 13.2 Å². The van der Waals surface area contributed by atoms with Crippen LogP contribution in [-0.2, 0) is 10.0 Å². The van der Waals surface area contributed by atoms with E-state index < -0.39 is 15.9 Å². The molecule has 0 bridgehead atoms. The highest BCUT2D eigenvalue weighted by Crippen LogP contribution is 2.26. The Balaban J connectivity index is 1.75. The van der Waals surface area contributed by atoms with Crippen LogP contribution in [0.5, 0.6) is 0 Å². The zero-order valence-corrected chi connectivity index (χ0v) is 15.2. The van der Waals surface area contributed by atoms with Crippen LogP contribution in [0.3, 0.4) is 0 Å². The molecular weight excluding hydrogens is 386 g/mol. The summed E-state index contributed by atoms with van der Waals surface area (Å²) < 4.78 is 30.3. The minimum Gasteiger partial charge on any atom is -0.451 e. The van der Waals surface area contributed by atoms with Gasteiger partial charge in [-0.25, -0.2) is 18.1 Å². The van der Waals surface area contributed by atoms with Gasteiger partial charge in [-0.1, -0.05) is 23.7 Å². The molecule has 10 heteroatoms. The molecule has 1 aromatic carbocycles. The molecule has 0 saturated heterocycles. The van der Waals surface area contributed by atoms with Crippen LogP contribution in [0.4, 0.5) is 5.13 Å². The number of nitrogens with one attached hydrogen (secondary N) is 2. The maximum atomic E-state index is 12.2. The molecular formula is C15H12ClN3O4S2. The van der Waals surface area contributed by atoms with Gasteiger partial charge in [0, 0.05) is 22.0 Å². The highest BCUT2D eigenvalue weighted by Gasteiger charge is 2.20. The Hall–Kier alpha value is -2.20. The van der Waals surface area contributed by atoms with Crippen LogP contribution in [0.15, 0.2) is 51.5 Å². The summed E-state index contributed by atoms with van der Waals surface area (Å²) in [7, 11) is -2.48. The van der Waals surface area contributed by atoms with Gasteiger partial charge < -0.3 is 4.42 Å². The SMILES string of the molecule is CNS(=O)(=O)c1cc(C(=O)Nc2nc(-c3ccc(Cl)cc3)cs2)co1. The lowest BCUT2D eigenvalue weighted by molar-refractivity contribution is 0.102. The first-order valence-electron chi connectivity index (χ1n) is 6.94. The summed E-state index contributed by atoms with van der Waals surface area (Å²) in [6.45, 7) is 0. The van der Waals surface area contributed by atoms with E-state index in [0.717, 1.165) is 17.9 Å². The second-order valence-corrected chi connectivity index (χ2v) is 7.97. The van der Waals surface area contributed by atoms with Crippen LogP contribution in [-0.4, -0.2) is 26.4 Å². The Kier molecular flexibility index (Phi) is 4.91. The molecule has 3 rings (SSSR count). The van der Waals surface area contributed by atoms with E-state index in [1.165, 1.54) is 18.4 Å². The van der Waals surface area contributed by atoms with Crippen molar-refractivity contribution < 1.29 is 17.6 Å². The third-order valence-electron chi connectivity index (χ3n) is 3.24. The minimum absolute atomic E-state index is 0.0806. The zero-order valence-electron chi connectivity index (χ0n) is 12.8. The van der Waals surface area contributed by atoms with Crippen molar-refractivity contribution >= 4 is 44.0 Å². The molecule has 0 aliphatic heterocycles. The van der Waals surface area contributed by atoms with Crippen LogP contribution in [0.1, 0.15) is 10.4 Å². The van der Waals surface area contributed by atoms with Gasteiger partial charge >= 0.3 is 0 Å². The van der Waals surface area contributed by atoms with E-state index in [1.54, 1.807) is 17.5 Å². The number of hydrogen-bond acceptors (Lipinski definition) is 6. The molecule has 7 nitrogen and oxygen atoms in total. The molecule has 0 aliphatic carbocycles. The highest BCUT2D eigenvalue weighted by atomic mass is 35.5. The van der Waals surface area contributed by atoms with Crippen molar-refractivity contribution in [1.82, 2.24) is 9.71 Å². The van der Waals surface area contributed by atoms with E-state index in [4.69, 9.17) is 16.0 Å². The van der Waals surface area contributed by atoms with Gasteiger partial charge in [0.1, 0.15) is 6.26 Å².